The Labute approximate surface area is 116 Å². The summed E-state index contributed by atoms with van der Waals surface area (Å²) in [5.41, 5.74) is 7.24. The van der Waals surface area contributed by atoms with Crippen LogP contribution in [0.4, 0.5) is 5.69 Å². The molecule has 5 nitrogen and oxygen atoms in total. The molecule has 0 spiro atoms. The molecule has 0 fully saturated rings. The van der Waals surface area contributed by atoms with E-state index in [1.54, 1.807) is 6.07 Å². The van der Waals surface area contributed by atoms with E-state index in [4.69, 9.17) is 14.9 Å². The minimum absolute atomic E-state index is 0.465. The lowest BCUT2D eigenvalue weighted by Gasteiger charge is -2.07. The molecule has 2 N–H and O–H groups in total. The van der Waals surface area contributed by atoms with Crippen LogP contribution in [0.2, 0.25) is 0 Å². The number of anilines is 1. The second-order valence-corrected chi connectivity index (χ2v) is 5.09. The van der Waals surface area contributed by atoms with E-state index in [0.29, 0.717) is 23.4 Å². The summed E-state index contributed by atoms with van der Waals surface area (Å²) < 4.78 is 11.0. The molecule has 0 aliphatic carbocycles. The fourth-order valence-electron chi connectivity index (χ4n) is 1.38. The van der Waals surface area contributed by atoms with Gasteiger partial charge in [0.25, 0.3) is 5.22 Å². The third-order valence-electron chi connectivity index (χ3n) is 2.51. The predicted octanol–water partition coefficient (Wildman–Crippen LogP) is 3.21. The molecule has 0 radical (unpaired) electrons. The third-order valence-corrected chi connectivity index (χ3v) is 3.29. The van der Waals surface area contributed by atoms with Crippen molar-refractivity contribution < 1.29 is 9.15 Å². The second-order valence-electron chi connectivity index (χ2n) is 4.12. The van der Waals surface area contributed by atoms with E-state index in [-0.39, 0.29) is 0 Å². The Hall–Kier alpha value is -1.69. The van der Waals surface area contributed by atoms with Gasteiger partial charge in [0.2, 0.25) is 5.88 Å². The monoisotopic (exact) mass is 279 g/mol. The standard InChI is InChI=1S/C13H17N3O2S/c1-4-7-17-12-10(14)5-6-11(16-12)19-13-15-8(2)9(3)18-13/h5-6H,4,7,14H2,1-3H3. The van der Waals surface area contributed by atoms with Gasteiger partial charge in [-0.3, -0.25) is 0 Å². The Morgan fingerprint density at radius 2 is 2.11 bits per heavy atom. The number of aryl methyl sites for hydroxylation is 2. The number of nitrogens with two attached hydrogens (primary N) is 1. The molecule has 0 amide bonds. The van der Waals surface area contributed by atoms with Crippen molar-refractivity contribution in [1.29, 1.82) is 0 Å². The van der Waals surface area contributed by atoms with Crippen LogP contribution in [-0.4, -0.2) is 16.6 Å². The zero-order valence-corrected chi connectivity index (χ0v) is 12.1. The predicted molar refractivity (Wildman–Crippen MR) is 74.5 cm³/mol. The van der Waals surface area contributed by atoms with E-state index >= 15 is 0 Å². The van der Waals surface area contributed by atoms with E-state index < -0.39 is 0 Å². The van der Waals surface area contributed by atoms with Crippen LogP contribution in [0.25, 0.3) is 0 Å². The molecule has 2 heterocycles. The van der Waals surface area contributed by atoms with Gasteiger partial charge < -0.3 is 14.9 Å². The molecule has 2 rings (SSSR count). The van der Waals surface area contributed by atoms with Crippen LogP contribution in [0.5, 0.6) is 5.88 Å². The molecular weight excluding hydrogens is 262 g/mol. The van der Waals surface area contributed by atoms with Crippen LogP contribution in [-0.2, 0) is 0 Å². The number of oxazole rings is 1. The van der Waals surface area contributed by atoms with Crippen molar-refractivity contribution in [2.24, 2.45) is 0 Å². The number of aromatic nitrogens is 2. The fraction of sp³-hybridized carbons (Fsp3) is 0.385. The summed E-state index contributed by atoms with van der Waals surface area (Å²) in [4.78, 5) is 8.66. The van der Waals surface area contributed by atoms with Crippen LogP contribution >= 0.6 is 11.8 Å². The molecule has 0 saturated heterocycles. The maximum Gasteiger partial charge on any atom is 0.262 e. The molecule has 19 heavy (non-hydrogen) atoms. The van der Waals surface area contributed by atoms with Crippen molar-refractivity contribution in [2.75, 3.05) is 12.3 Å². The first-order valence-electron chi connectivity index (χ1n) is 6.11. The lowest BCUT2D eigenvalue weighted by atomic mass is 10.4. The number of nitrogens with zero attached hydrogens (tertiary/aromatic N) is 2. The minimum Gasteiger partial charge on any atom is -0.476 e. The van der Waals surface area contributed by atoms with Gasteiger partial charge in [-0.05, 0) is 44.2 Å². The third kappa shape index (κ3) is 3.41. The Balaban J connectivity index is 2.16. The number of pyridine rings is 1. The number of rotatable bonds is 5. The maximum absolute atomic E-state index is 5.82. The summed E-state index contributed by atoms with van der Waals surface area (Å²) >= 11 is 1.35. The molecule has 102 valence electrons. The number of hydrogen-bond acceptors (Lipinski definition) is 6. The van der Waals surface area contributed by atoms with E-state index in [2.05, 4.69) is 9.97 Å². The first kappa shape index (κ1) is 13.7. The summed E-state index contributed by atoms with van der Waals surface area (Å²) in [6, 6.07) is 3.61. The van der Waals surface area contributed by atoms with E-state index in [1.807, 2.05) is 26.8 Å². The Morgan fingerprint density at radius 3 is 2.74 bits per heavy atom. The highest BCUT2D eigenvalue weighted by Gasteiger charge is 2.10. The van der Waals surface area contributed by atoms with Crippen molar-refractivity contribution in [3.8, 4) is 5.88 Å². The second kappa shape index (κ2) is 5.97. The summed E-state index contributed by atoms with van der Waals surface area (Å²) in [7, 11) is 0. The van der Waals surface area contributed by atoms with Gasteiger partial charge >= 0.3 is 0 Å². The van der Waals surface area contributed by atoms with Crippen molar-refractivity contribution in [2.45, 2.75) is 37.4 Å². The van der Waals surface area contributed by atoms with Crippen molar-refractivity contribution >= 4 is 17.4 Å². The minimum atomic E-state index is 0.465. The lowest BCUT2D eigenvalue weighted by molar-refractivity contribution is 0.305. The lowest BCUT2D eigenvalue weighted by Crippen LogP contribution is -2.01. The average molecular weight is 279 g/mol. The van der Waals surface area contributed by atoms with Gasteiger partial charge in [-0.25, -0.2) is 9.97 Å². The van der Waals surface area contributed by atoms with Crippen molar-refractivity contribution in [3.63, 3.8) is 0 Å². The molecule has 2 aromatic heterocycles. The maximum atomic E-state index is 5.82. The first-order chi connectivity index (χ1) is 9.10. The highest BCUT2D eigenvalue weighted by atomic mass is 32.2. The highest BCUT2D eigenvalue weighted by Crippen LogP contribution is 2.30. The van der Waals surface area contributed by atoms with Gasteiger partial charge in [0, 0.05) is 0 Å². The van der Waals surface area contributed by atoms with Gasteiger partial charge in [-0.1, -0.05) is 6.92 Å². The molecule has 2 aromatic rings. The molecule has 6 heteroatoms. The van der Waals surface area contributed by atoms with Gasteiger partial charge in [0.15, 0.2) is 0 Å². The van der Waals surface area contributed by atoms with Gasteiger partial charge in [-0.2, -0.15) is 0 Å². The molecule has 0 atom stereocenters. The normalized spacial score (nSPS) is 10.7. The van der Waals surface area contributed by atoms with Gasteiger partial charge in [0.1, 0.15) is 10.8 Å². The van der Waals surface area contributed by atoms with Crippen LogP contribution in [0.3, 0.4) is 0 Å². The van der Waals surface area contributed by atoms with Crippen LogP contribution in [0.1, 0.15) is 24.8 Å². The SMILES string of the molecule is CCCOc1nc(Sc2nc(C)c(C)o2)ccc1N. The molecule has 0 aliphatic rings. The number of ether oxygens (including phenoxy) is 1. The zero-order chi connectivity index (χ0) is 13.8. The summed E-state index contributed by atoms with van der Waals surface area (Å²) in [6.45, 7) is 6.43. The van der Waals surface area contributed by atoms with E-state index in [1.165, 1.54) is 11.8 Å². The Bertz CT molecular complexity index is 550. The van der Waals surface area contributed by atoms with Gasteiger partial charge in [0.05, 0.1) is 18.0 Å². The van der Waals surface area contributed by atoms with E-state index in [9.17, 15) is 0 Å². The Morgan fingerprint density at radius 1 is 1.32 bits per heavy atom. The number of hydrogen-bond donors (Lipinski definition) is 1. The van der Waals surface area contributed by atoms with Crippen molar-refractivity contribution in [3.05, 3.63) is 23.6 Å². The summed E-state index contributed by atoms with van der Waals surface area (Å²) in [5.74, 6) is 1.28. The fourth-order valence-corrected chi connectivity index (χ4v) is 2.17. The van der Waals surface area contributed by atoms with Gasteiger partial charge in [-0.15, -0.1) is 0 Å². The van der Waals surface area contributed by atoms with Crippen molar-refractivity contribution in [1.82, 2.24) is 9.97 Å². The quantitative estimate of drug-likeness (QED) is 0.905. The van der Waals surface area contributed by atoms with E-state index in [0.717, 1.165) is 22.9 Å². The first-order valence-corrected chi connectivity index (χ1v) is 6.93. The summed E-state index contributed by atoms with van der Waals surface area (Å²) in [5, 5.41) is 1.33. The summed E-state index contributed by atoms with van der Waals surface area (Å²) in [6.07, 6.45) is 0.913. The highest BCUT2D eigenvalue weighted by molar-refractivity contribution is 7.99. The topological polar surface area (TPSA) is 74.2 Å². The molecule has 0 aromatic carbocycles. The molecule has 0 unspecified atom stereocenters. The molecule has 0 aliphatic heterocycles. The average Bonchev–Trinajstić information content (AvgIpc) is 2.69. The molecule has 0 saturated carbocycles. The smallest absolute Gasteiger partial charge is 0.262 e. The largest absolute Gasteiger partial charge is 0.476 e. The zero-order valence-electron chi connectivity index (χ0n) is 11.3. The Kier molecular flexibility index (Phi) is 4.31. The number of nitrogen functional groups attached to an aromatic ring is 1. The molecule has 0 bridgehead atoms. The van der Waals surface area contributed by atoms with Crippen LogP contribution in [0.15, 0.2) is 26.8 Å². The molecular formula is C13H17N3O2S. The van der Waals surface area contributed by atoms with Crippen LogP contribution < -0.4 is 10.5 Å². The van der Waals surface area contributed by atoms with Crippen LogP contribution in [0, 0.1) is 13.8 Å².